The maximum atomic E-state index is 11.9. The Bertz CT molecular complexity index is 343. The van der Waals surface area contributed by atoms with Crippen molar-refractivity contribution in [3.05, 3.63) is 12.7 Å². The van der Waals surface area contributed by atoms with E-state index >= 15 is 0 Å². The van der Waals surface area contributed by atoms with Crippen LogP contribution in [0.4, 0.5) is 4.79 Å². The van der Waals surface area contributed by atoms with Crippen molar-refractivity contribution in [1.82, 2.24) is 5.32 Å². The van der Waals surface area contributed by atoms with Crippen molar-refractivity contribution in [2.75, 3.05) is 34.4 Å². The first-order chi connectivity index (χ1) is 10.8. The molecule has 0 spiro atoms. The minimum absolute atomic E-state index is 0.00805. The second-order valence-corrected chi connectivity index (χ2v) is 5.75. The van der Waals surface area contributed by atoms with Crippen molar-refractivity contribution in [2.45, 2.75) is 44.6 Å². The summed E-state index contributed by atoms with van der Waals surface area (Å²) < 4.78 is 25.9. The van der Waals surface area contributed by atoms with Gasteiger partial charge in [-0.2, -0.15) is 0 Å². The van der Waals surface area contributed by atoms with Crippen LogP contribution in [-0.4, -0.2) is 69.5 Å². The summed E-state index contributed by atoms with van der Waals surface area (Å²) in [6.45, 7) is 8.49. The van der Waals surface area contributed by atoms with Crippen molar-refractivity contribution < 1.29 is 33.6 Å². The second kappa shape index (κ2) is 11.4. The number of carbonyl (C=O) groups is 1. The molecule has 0 bridgehead atoms. The molecule has 0 aromatic heterocycles. The highest BCUT2D eigenvalue weighted by Crippen LogP contribution is 2.13. The molecule has 0 saturated carbocycles. The number of aliphatic hydroxyl groups is 1. The Kier molecular flexibility index (Phi) is 10.8. The zero-order valence-corrected chi connectivity index (χ0v) is 14.5. The summed E-state index contributed by atoms with van der Waals surface area (Å²) in [6.07, 6.45) is -0.534. The van der Waals surface area contributed by atoms with Gasteiger partial charge in [-0.25, -0.2) is 4.79 Å². The minimum Gasteiger partial charge on any atom is -0.444 e. The number of hydrogen-bond donors (Lipinski definition) is 2. The number of rotatable bonds is 11. The van der Waals surface area contributed by atoms with Crippen LogP contribution in [0, 0.1) is 0 Å². The van der Waals surface area contributed by atoms with Gasteiger partial charge < -0.3 is 34.1 Å². The number of carbonyl (C=O) groups excluding carboxylic acids is 1. The number of aliphatic hydroxyl groups excluding tert-OH is 1. The maximum absolute atomic E-state index is 11.9. The quantitative estimate of drug-likeness (QED) is 0.430. The van der Waals surface area contributed by atoms with Gasteiger partial charge >= 0.3 is 6.09 Å². The normalized spacial score (nSPS) is 15.6. The summed E-state index contributed by atoms with van der Waals surface area (Å²) in [5.41, 5.74) is -0.655. The average molecular weight is 335 g/mol. The highest BCUT2D eigenvalue weighted by molar-refractivity contribution is 5.68. The third-order valence-corrected chi connectivity index (χ3v) is 2.61. The van der Waals surface area contributed by atoms with E-state index in [2.05, 4.69) is 11.9 Å². The lowest BCUT2D eigenvalue weighted by Crippen LogP contribution is -2.53. The van der Waals surface area contributed by atoms with Gasteiger partial charge in [0.25, 0.3) is 0 Å². The molecule has 0 unspecified atom stereocenters. The van der Waals surface area contributed by atoms with Crippen LogP contribution in [0.3, 0.4) is 0 Å². The van der Waals surface area contributed by atoms with Crippen LogP contribution in [0.1, 0.15) is 20.8 Å². The highest BCUT2D eigenvalue weighted by Gasteiger charge is 2.32. The Balaban J connectivity index is 4.98. The van der Waals surface area contributed by atoms with Crippen LogP contribution in [0.25, 0.3) is 0 Å². The van der Waals surface area contributed by atoms with E-state index in [0.717, 1.165) is 0 Å². The highest BCUT2D eigenvalue weighted by atomic mass is 16.7. The van der Waals surface area contributed by atoms with Crippen LogP contribution in [0.15, 0.2) is 12.7 Å². The van der Waals surface area contributed by atoms with Gasteiger partial charge in [0, 0.05) is 14.2 Å². The number of amides is 1. The van der Waals surface area contributed by atoms with Crippen LogP contribution >= 0.6 is 0 Å². The third-order valence-electron chi connectivity index (χ3n) is 2.61. The van der Waals surface area contributed by atoms with Gasteiger partial charge in [-0.15, -0.1) is 6.58 Å². The largest absolute Gasteiger partial charge is 0.444 e. The average Bonchev–Trinajstić information content (AvgIpc) is 2.46. The van der Waals surface area contributed by atoms with Gasteiger partial charge in [-0.3, -0.25) is 0 Å². The van der Waals surface area contributed by atoms with Crippen molar-refractivity contribution in [3.8, 4) is 0 Å². The summed E-state index contributed by atoms with van der Waals surface area (Å²) in [5, 5.41) is 12.2. The monoisotopic (exact) mass is 335 g/mol. The number of alkyl carbamates (subject to hydrolysis) is 1. The first kappa shape index (κ1) is 21.8. The molecule has 0 aliphatic rings. The molecule has 0 saturated heterocycles. The van der Waals surface area contributed by atoms with E-state index in [1.54, 1.807) is 20.8 Å². The predicted octanol–water partition coefficient (Wildman–Crippen LogP) is 1.04. The maximum Gasteiger partial charge on any atom is 0.408 e. The standard InChI is InChI=1S/C15H29NO7/c1-7-12(21-9-19-5)13(22-10-20-6)11(8-17)16-14(18)23-15(2,3)4/h7,11-13,17H,1,8-10H2,2-6H3,(H,16,18)/t11-,12-,13-/m0/s1. The summed E-state index contributed by atoms with van der Waals surface area (Å²) in [6, 6.07) is -0.778. The van der Waals surface area contributed by atoms with E-state index in [0.29, 0.717) is 0 Å². The molecule has 8 nitrogen and oxygen atoms in total. The van der Waals surface area contributed by atoms with Gasteiger partial charge in [-0.05, 0) is 20.8 Å². The molecule has 0 rings (SSSR count). The Morgan fingerprint density at radius 3 is 2.22 bits per heavy atom. The van der Waals surface area contributed by atoms with Crippen LogP contribution < -0.4 is 5.32 Å². The summed E-state index contributed by atoms with van der Waals surface area (Å²) in [5.74, 6) is 0. The first-order valence-electron chi connectivity index (χ1n) is 7.23. The lowest BCUT2D eigenvalue weighted by atomic mass is 10.1. The fourth-order valence-electron chi connectivity index (χ4n) is 1.72. The molecule has 136 valence electrons. The summed E-state index contributed by atoms with van der Waals surface area (Å²) in [4.78, 5) is 11.9. The molecule has 0 radical (unpaired) electrons. The molecular formula is C15H29NO7. The van der Waals surface area contributed by atoms with Crippen molar-refractivity contribution in [1.29, 1.82) is 0 Å². The second-order valence-electron chi connectivity index (χ2n) is 5.75. The van der Waals surface area contributed by atoms with E-state index in [1.165, 1.54) is 20.3 Å². The van der Waals surface area contributed by atoms with E-state index in [9.17, 15) is 9.90 Å². The Morgan fingerprint density at radius 2 is 1.78 bits per heavy atom. The Hall–Kier alpha value is -1.19. The molecule has 0 aliphatic heterocycles. The molecule has 1 amide bonds. The van der Waals surface area contributed by atoms with Crippen molar-refractivity contribution in [3.63, 3.8) is 0 Å². The molecule has 0 aromatic rings. The lowest BCUT2D eigenvalue weighted by Gasteiger charge is -2.31. The first-order valence-corrected chi connectivity index (χ1v) is 7.23. The zero-order valence-electron chi connectivity index (χ0n) is 14.5. The summed E-state index contributed by atoms with van der Waals surface area (Å²) in [7, 11) is 2.94. The van der Waals surface area contributed by atoms with Crippen LogP contribution in [-0.2, 0) is 23.7 Å². The number of nitrogens with one attached hydrogen (secondary N) is 1. The molecule has 3 atom stereocenters. The molecule has 0 aromatic carbocycles. The van der Waals surface area contributed by atoms with Gasteiger partial charge in [-0.1, -0.05) is 6.08 Å². The molecular weight excluding hydrogens is 306 g/mol. The van der Waals surface area contributed by atoms with E-state index in [1.807, 2.05) is 0 Å². The minimum atomic E-state index is -0.778. The third kappa shape index (κ3) is 9.52. The van der Waals surface area contributed by atoms with E-state index < -0.39 is 29.9 Å². The van der Waals surface area contributed by atoms with Gasteiger partial charge in [0.15, 0.2) is 0 Å². The van der Waals surface area contributed by atoms with E-state index in [-0.39, 0.29) is 20.2 Å². The smallest absolute Gasteiger partial charge is 0.408 e. The molecule has 0 heterocycles. The van der Waals surface area contributed by atoms with Crippen LogP contribution in [0.5, 0.6) is 0 Å². The number of methoxy groups -OCH3 is 2. The fourth-order valence-corrected chi connectivity index (χ4v) is 1.72. The van der Waals surface area contributed by atoms with Crippen molar-refractivity contribution in [2.24, 2.45) is 0 Å². The SMILES string of the molecule is C=C[C@H](OCOC)[C@@H](OCOC)[C@H](CO)NC(=O)OC(C)(C)C. The van der Waals surface area contributed by atoms with Crippen LogP contribution in [0.2, 0.25) is 0 Å². The molecule has 0 fully saturated rings. The van der Waals surface area contributed by atoms with Gasteiger partial charge in [0.1, 0.15) is 31.4 Å². The predicted molar refractivity (Wildman–Crippen MR) is 83.9 cm³/mol. The molecule has 2 N–H and O–H groups in total. The Labute approximate surface area is 137 Å². The van der Waals surface area contributed by atoms with Gasteiger partial charge in [0.05, 0.1) is 12.6 Å². The zero-order chi connectivity index (χ0) is 17.9. The molecule has 0 aliphatic carbocycles. The number of ether oxygens (including phenoxy) is 5. The van der Waals surface area contributed by atoms with Crippen molar-refractivity contribution >= 4 is 6.09 Å². The lowest BCUT2D eigenvalue weighted by molar-refractivity contribution is -0.154. The topological polar surface area (TPSA) is 95.5 Å². The molecule has 8 heteroatoms. The summed E-state index contributed by atoms with van der Waals surface area (Å²) >= 11 is 0. The fraction of sp³-hybridized carbons (Fsp3) is 0.800. The Morgan fingerprint density at radius 1 is 1.22 bits per heavy atom. The van der Waals surface area contributed by atoms with E-state index in [4.69, 9.17) is 23.7 Å². The molecule has 23 heavy (non-hydrogen) atoms. The van der Waals surface area contributed by atoms with Gasteiger partial charge in [0.2, 0.25) is 0 Å². The number of hydrogen-bond acceptors (Lipinski definition) is 7.